The van der Waals surface area contributed by atoms with Crippen molar-refractivity contribution < 1.29 is 275 Å². The Kier molecular flexibility index (Phi) is 24.1. The summed E-state index contributed by atoms with van der Waals surface area (Å²) in [6, 6.07) is 3.16. The summed E-state index contributed by atoms with van der Waals surface area (Å²) < 4.78 is 216. The van der Waals surface area contributed by atoms with Gasteiger partial charge in [0.25, 0.3) is 0 Å². The van der Waals surface area contributed by atoms with Crippen LogP contribution >= 0.6 is 0 Å². The topological polar surface area (TPSA) is 467 Å². The zero-order valence-electron chi connectivity index (χ0n) is 35.2. The Hall–Kier alpha value is -0.0400. The molecule has 4 aromatic carbocycles. The molecule has 328 valence electrons. The number of aromatic hydroxyl groups is 2. The van der Waals surface area contributed by atoms with Crippen molar-refractivity contribution in [2.24, 2.45) is 10.2 Å². The molecule has 0 spiro atoms. The van der Waals surface area contributed by atoms with E-state index in [0.717, 1.165) is 0 Å². The molecule has 0 bridgehead atoms. The summed E-state index contributed by atoms with van der Waals surface area (Å²) in [5.74, 6) is -5.82. The number of rotatable bonds is 10. The summed E-state index contributed by atoms with van der Waals surface area (Å²) in [7, 11) is -33.6. The Morgan fingerprint density at radius 3 is 1.15 bits per heavy atom. The van der Waals surface area contributed by atoms with Gasteiger partial charge in [0.1, 0.15) is 83.6 Å². The van der Waals surface area contributed by atoms with Crippen molar-refractivity contribution in [2.45, 2.75) is 19.6 Å². The SMILES string of the molecule is O=C1/C(=N\Nc2cc(S(=O)(=O)[O-])cc3c2C(=O)/C(=N/Nc2cc(S(=O)(=O)[O-])cc4cc(S(=O)(=O)[O-])cc(O)c24)C(S(=O)(=O)[O-])=C3)C(S(=O)(=O)[O-])=Cc2cc(S(=O)(=O)[O-])cc(O)c21.[Na+].[Na+].[Na+].[Na+].[Na+].[Na+]. The minimum absolute atomic E-state index is 0. The predicted octanol–water partition coefficient (Wildman–Crippen LogP) is -19.0. The molecule has 6 rings (SSSR count). The normalized spacial score (nSPS) is 15.0. The Morgan fingerprint density at radius 1 is 0.412 bits per heavy atom. The molecule has 38 heteroatoms. The van der Waals surface area contributed by atoms with Crippen LogP contribution in [-0.4, -0.2) is 111 Å². The van der Waals surface area contributed by atoms with E-state index < -0.39 is 169 Å². The van der Waals surface area contributed by atoms with E-state index in [2.05, 4.69) is 10.2 Å². The maximum absolute atomic E-state index is 14.1. The third-order valence-corrected chi connectivity index (χ3v) is 13.4. The quantitative estimate of drug-likeness (QED) is 0.0651. The van der Waals surface area contributed by atoms with Gasteiger partial charge in [-0.3, -0.25) is 20.4 Å². The van der Waals surface area contributed by atoms with Crippen molar-refractivity contribution in [2.75, 3.05) is 10.9 Å². The van der Waals surface area contributed by atoms with Gasteiger partial charge in [-0.2, -0.15) is 10.2 Å². The van der Waals surface area contributed by atoms with Crippen LogP contribution < -0.4 is 188 Å². The van der Waals surface area contributed by atoms with E-state index in [1.807, 2.05) is 10.9 Å². The first-order chi connectivity index (χ1) is 28.2. The number of benzene rings is 4. The molecule has 0 heterocycles. The standard InChI is InChI=1S/C30H20N4O22S6.6Na/c35-20-9-16(59(45,46)47)2-11-1-14(57(39,40)41)7-18(24(11)20)31-33-27-22(61(51,52)53)5-12-3-15(58(42,43)44)8-19(25(12)29(27)37)32-34-28-23(62(54,55)56)6-13-4-17(60(48,49)50)10-21(36)26(13)30(28)38;;;;;;/h1-10,31-32,35-36H,(H,39,40,41)(H,42,43,44)(H,45,46,47)(H,48,49,50)(H,51,52,53)(H,54,55,56);;;;;;/q;6*+1/p-6/b33-27+,34-28-;;;;;;. The number of allylic oxidation sites excluding steroid dienone is 2. The molecule has 68 heavy (non-hydrogen) atoms. The van der Waals surface area contributed by atoms with Crippen molar-refractivity contribution in [1.82, 2.24) is 0 Å². The van der Waals surface area contributed by atoms with Crippen molar-refractivity contribution >= 4 is 118 Å². The molecule has 2 aliphatic carbocycles. The Morgan fingerprint density at radius 2 is 0.735 bits per heavy atom. The fourth-order valence-electron chi connectivity index (χ4n) is 5.88. The van der Waals surface area contributed by atoms with E-state index in [-0.39, 0.29) is 189 Å². The average molecular weight is 1110 g/mol. The number of fused-ring (bicyclic) bond motifs is 3. The molecule has 2 aliphatic rings. The number of carbonyl (C=O) groups is 2. The van der Waals surface area contributed by atoms with Gasteiger partial charge in [-0.05, 0) is 77.2 Å². The van der Waals surface area contributed by atoms with Crippen LogP contribution in [0.1, 0.15) is 31.8 Å². The second kappa shape index (κ2) is 24.1. The van der Waals surface area contributed by atoms with Gasteiger partial charge in [-0.1, -0.05) is 0 Å². The molecule has 0 saturated heterocycles. The largest absolute Gasteiger partial charge is 1.00 e. The monoisotopic (exact) mass is 1110 g/mol. The minimum Gasteiger partial charge on any atom is -0.744 e. The molecule has 0 aliphatic heterocycles. The summed E-state index contributed by atoms with van der Waals surface area (Å²) in [5, 5.41) is 26.7. The molecule has 0 aromatic heterocycles. The second-order valence-electron chi connectivity index (χ2n) is 12.4. The molecule has 0 fully saturated rings. The number of ketones is 2. The maximum Gasteiger partial charge on any atom is 1.00 e. The Bertz CT molecular complexity index is 3640. The number of phenolic OH excluding ortho intramolecular Hbond substituents is 2. The number of carbonyl (C=O) groups excluding carboxylic acids is 2. The minimum atomic E-state index is -5.91. The van der Waals surface area contributed by atoms with Crippen LogP contribution in [0.5, 0.6) is 11.5 Å². The van der Waals surface area contributed by atoms with E-state index in [1.165, 1.54) is 0 Å². The summed E-state index contributed by atoms with van der Waals surface area (Å²) >= 11 is 0. The summed E-state index contributed by atoms with van der Waals surface area (Å²) in [5.41, 5.74) is -4.73. The van der Waals surface area contributed by atoms with E-state index in [1.54, 1.807) is 0 Å². The van der Waals surface area contributed by atoms with Crippen LogP contribution in [0.4, 0.5) is 11.4 Å². The average Bonchev–Trinajstić information content (AvgIpc) is 3.10. The van der Waals surface area contributed by atoms with E-state index in [4.69, 9.17) is 0 Å². The molecule has 0 unspecified atom stereocenters. The molecular weight excluding hydrogens is 1100 g/mol. The zero-order valence-corrected chi connectivity index (χ0v) is 52.1. The van der Waals surface area contributed by atoms with Gasteiger partial charge in [0, 0.05) is 5.39 Å². The van der Waals surface area contributed by atoms with E-state index in [9.17, 15) is 97.6 Å². The number of hydrogen-bond acceptors (Lipinski definition) is 26. The van der Waals surface area contributed by atoms with Crippen molar-refractivity contribution in [3.05, 3.63) is 80.6 Å². The molecule has 4 N–H and O–H groups in total. The molecule has 0 amide bonds. The first-order valence-electron chi connectivity index (χ1n) is 15.5. The second-order valence-corrected chi connectivity index (χ2v) is 20.6. The van der Waals surface area contributed by atoms with Crippen LogP contribution in [-0.2, 0) is 60.7 Å². The van der Waals surface area contributed by atoms with Crippen LogP contribution in [0.15, 0.2) is 88.1 Å². The first kappa shape index (κ1) is 68.0. The Balaban J connectivity index is 0.00000748. The van der Waals surface area contributed by atoms with Crippen molar-refractivity contribution in [3.63, 3.8) is 0 Å². The number of nitrogens with zero attached hydrogens (tertiary/aromatic N) is 2. The number of nitrogens with one attached hydrogen (secondary N) is 2. The fraction of sp³-hybridized carbons (Fsp3) is 0. The molecule has 4 aromatic rings. The van der Waals surface area contributed by atoms with Gasteiger partial charge in [-0.15, -0.1) is 0 Å². The van der Waals surface area contributed by atoms with Gasteiger partial charge >= 0.3 is 177 Å². The molecule has 0 saturated carbocycles. The van der Waals surface area contributed by atoms with E-state index >= 15 is 0 Å². The van der Waals surface area contributed by atoms with Gasteiger partial charge in [0.15, 0.2) is 0 Å². The molecule has 0 radical (unpaired) electrons. The van der Waals surface area contributed by atoms with Gasteiger partial charge in [0.05, 0.1) is 51.9 Å². The third kappa shape index (κ3) is 14.6. The molecular formula is C30H14N4Na6O22S6. The number of hydrogen-bond donors (Lipinski definition) is 4. The van der Waals surface area contributed by atoms with Crippen LogP contribution in [0, 0.1) is 0 Å². The van der Waals surface area contributed by atoms with Gasteiger partial charge in [-0.25, -0.2) is 50.5 Å². The number of anilines is 2. The number of Topliss-reactive ketones (excluding diaryl/α,β-unsaturated/α-hetero) is 2. The van der Waals surface area contributed by atoms with Gasteiger partial charge in [0.2, 0.25) is 11.6 Å². The third-order valence-electron chi connectivity index (χ3n) is 8.43. The summed E-state index contributed by atoms with van der Waals surface area (Å²) in [4.78, 5) is 19.5. The summed E-state index contributed by atoms with van der Waals surface area (Å²) in [6.45, 7) is 0. The molecule has 0 atom stereocenters. The maximum atomic E-state index is 14.1. The predicted molar refractivity (Wildman–Crippen MR) is 198 cm³/mol. The number of phenols is 2. The first-order valence-corrected chi connectivity index (χ1v) is 23.9. The van der Waals surface area contributed by atoms with Crippen molar-refractivity contribution in [3.8, 4) is 11.5 Å². The van der Waals surface area contributed by atoms with E-state index in [0.29, 0.717) is 48.5 Å². The van der Waals surface area contributed by atoms with Crippen LogP contribution in [0.2, 0.25) is 0 Å². The summed E-state index contributed by atoms with van der Waals surface area (Å²) in [6.07, 6.45) is 0.563. The van der Waals surface area contributed by atoms with Gasteiger partial charge < -0.3 is 37.5 Å². The zero-order chi connectivity index (χ0) is 46.4. The smallest absolute Gasteiger partial charge is 0.744 e. The van der Waals surface area contributed by atoms with Crippen LogP contribution in [0.3, 0.4) is 0 Å². The van der Waals surface area contributed by atoms with Crippen molar-refractivity contribution in [1.29, 1.82) is 0 Å². The molecule has 26 nitrogen and oxygen atoms in total. The fourth-order valence-corrected chi connectivity index (χ4v) is 9.30. The number of hydrazone groups is 2. The Labute approximate surface area is 517 Å². The van der Waals surface area contributed by atoms with Crippen LogP contribution in [0.25, 0.3) is 22.9 Å².